The average Bonchev–Trinajstić information content (AvgIpc) is 3.33. The summed E-state index contributed by atoms with van der Waals surface area (Å²) in [5.74, 6) is 8.55. The summed E-state index contributed by atoms with van der Waals surface area (Å²) in [6.07, 6.45) is 5.85. The molecule has 0 spiro atoms. The Hall–Kier alpha value is -3.60. The first kappa shape index (κ1) is 27.0. The number of aromatic nitrogens is 2. The van der Waals surface area contributed by atoms with Gasteiger partial charge in [0.25, 0.3) is 0 Å². The molecule has 1 aromatic carbocycles. The lowest BCUT2D eigenvalue weighted by Gasteiger charge is -2.37. The van der Waals surface area contributed by atoms with E-state index in [-0.39, 0.29) is 6.10 Å². The van der Waals surface area contributed by atoms with Gasteiger partial charge in [-0.05, 0) is 38.2 Å². The third-order valence-electron chi connectivity index (χ3n) is 7.61. The summed E-state index contributed by atoms with van der Waals surface area (Å²) in [6.45, 7) is 13.4. The van der Waals surface area contributed by atoms with E-state index in [0.29, 0.717) is 48.4 Å². The molecule has 7 N–H and O–H groups in total. The van der Waals surface area contributed by atoms with Crippen molar-refractivity contribution in [3.63, 3.8) is 0 Å². The SMILES string of the molecule is C=C(C)CC(CNC(=C)NC(=CC(N)=Nc1cc(C2CC2)[nH]n1)N1C[C@H]2C[C@@H]1CN2Cc1ccccc1)ON. The predicted octanol–water partition coefficient (Wildman–Crippen LogP) is 2.95. The summed E-state index contributed by atoms with van der Waals surface area (Å²) in [7, 11) is 0. The van der Waals surface area contributed by atoms with Gasteiger partial charge in [0.2, 0.25) is 0 Å². The Morgan fingerprint density at radius 1 is 1.26 bits per heavy atom. The number of nitrogens with one attached hydrogen (secondary N) is 3. The number of nitrogens with zero attached hydrogens (tertiary/aromatic N) is 4. The van der Waals surface area contributed by atoms with E-state index >= 15 is 0 Å². The van der Waals surface area contributed by atoms with Crippen LogP contribution in [0.5, 0.6) is 0 Å². The van der Waals surface area contributed by atoms with Gasteiger partial charge in [0.05, 0.1) is 11.9 Å². The minimum atomic E-state index is -0.199. The van der Waals surface area contributed by atoms with Crippen molar-refractivity contribution in [1.29, 1.82) is 0 Å². The highest BCUT2D eigenvalue weighted by molar-refractivity contribution is 5.93. The van der Waals surface area contributed by atoms with E-state index in [1.54, 1.807) is 0 Å². The lowest BCUT2D eigenvalue weighted by molar-refractivity contribution is 0.0551. The molecule has 1 saturated carbocycles. The van der Waals surface area contributed by atoms with E-state index in [2.05, 4.69) is 79.1 Å². The monoisotopic (exact) mass is 531 g/mol. The summed E-state index contributed by atoms with van der Waals surface area (Å²) in [5, 5.41) is 14.2. The fourth-order valence-electron chi connectivity index (χ4n) is 5.53. The van der Waals surface area contributed by atoms with Crippen LogP contribution in [-0.2, 0) is 11.4 Å². The Bertz CT molecular complexity index is 1220. The standard InChI is InChI=1S/C29H41N9O/c1-19(2)11-25(39-31)15-32-20(3)33-29(14-27(30)34-28-13-26(35-36-28)22-9-10-22)38-18-23-12-24(38)17-37(23)16-21-7-5-4-6-8-21/h4-8,13-14,22-25,32-33H,1,3,9-12,15-18,31H2,2H3,(H3,30,34,35,36)/t23-,24-,25?/m1/s1. The molecule has 10 heteroatoms. The van der Waals surface area contributed by atoms with Crippen molar-refractivity contribution in [3.8, 4) is 0 Å². The highest BCUT2D eigenvalue weighted by Crippen LogP contribution is 2.39. The molecule has 3 fully saturated rings. The number of likely N-dealkylation sites (tertiary alicyclic amines) is 2. The van der Waals surface area contributed by atoms with Crippen LogP contribution in [0.1, 0.15) is 49.8 Å². The number of H-pyrrole nitrogens is 1. The van der Waals surface area contributed by atoms with E-state index in [9.17, 15) is 0 Å². The number of benzene rings is 1. The number of hydrogen-bond acceptors (Lipinski definition) is 8. The molecular weight excluding hydrogens is 490 g/mol. The van der Waals surface area contributed by atoms with Crippen LogP contribution in [0, 0.1) is 0 Å². The predicted molar refractivity (Wildman–Crippen MR) is 154 cm³/mol. The number of fused-ring (bicyclic) bond motifs is 2. The van der Waals surface area contributed by atoms with Crippen molar-refractivity contribution in [1.82, 2.24) is 30.6 Å². The molecule has 2 aromatic rings. The van der Waals surface area contributed by atoms with Gasteiger partial charge in [-0.2, -0.15) is 5.10 Å². The van der Waals surface area contributed by atoms with Crippen LogP contribution in [0.3, 0.4) is 0 Å². The second kappa shape index (κ2) is 12.1. The molecule has 3 atom stereocenters. The molecule has 208 valence electrons. The number of piperazine rings is 1. The second-order valence-electron chi connectivity index (χ2n) is 11.0. The van der Waals surface area contributed by atoms with Gasteiger partial charge in [0, 0.05) is 62.0 Å². The number of nitrogens with two attached hydrogens (primary N) is 2. The summed E-state index contributed by atoms with van der Waals surface area (Å²) in [5.41, 5.74) is 9.90. The molecule has 0 radical (unpaired) electrons. The number of hydrogen-bond donors (Lipinski definition) is 5. The summed E-state index contributed by atoms with van der Waals surface area (Å²) >= 11 is 0. The molecule has 3 heterocycles. The highest BCUT2D eigenvalue weighted by atomic mass is 16.6. The number of aromatic amines is 1. The van der Waals surface area contributed by atoms with Gasteiger partial charge in [-0.3, -0.25) is 14.8 Å². The third-order valence-corrected chi connectivity index (χ3v) is 7.61. The largest absolute Gasteiger partial charge is 0.384 e. The zero-order chi connectivity index (χ0) is 27.4. The zero-order valence-corrected chi connectivity index (χ0v) is 22.8. The van der Waals surface area contributed by atoms with Gasteiger partial charge in [0.15, 0.2) is 5.82 Å². The van der Waals surface area contributed by atoms with Crippen LogP contribution >= 0.6 is 0 Å². The van der Waals surface area contributed by atoms with Crippen LogP contribution in [0.25, 0.3) is 0 Å². The molecule has 0 amide bonds. The van der Waals surface area contributed by atoms with Crippen LogP contribution in [0.4, 0.5) is 5.82 Å². The van der Waals surface area contributed by atoms with Gasteiger partial charge in [-0.1, -0.05) is 42.5 Å². The molecule has 2 aliphatic heterocycles. The minimum absolute atomic E-state index is 0.199. The van der Waals surface area contributed by atoms with E-state index in [4.69, 9.17) is 16.5 Å². The van der Waals surface area contributed by atoms with Crippen molar-refractivity contribution in [3.05, 3.63) is 84.1 Å². The molecule has 10 nitrogen and oxygen atoms in total. The van der Waals surface area contributed by atoms with Crippen molar-refractivity contribution in [2.24, 2.45) is 16.6 Å². The quantitative estimate of drug-likeness (QED) is 0.109. The first-order chi connectivity index (χ1) is 18.9. The van der Waals surface area contributed by atoms with Gasteiger partial charge in [-0.25, -0.2) is 10.9 Å². The normalized spacial score (nSPS) is 22.3. The van der Waals surface area contributed by atoms with Crippen LogP contribution in [0.2, 0.25) is 0 Å². The molecule has 3 aliphatic rings. The van der Waals surface area contributed by atoms with Gasteiger partial charge in [0.1, 0.15) is 11.7 Å². The fraction of sp³-hybridized carbons (Fsp3) is 0.448. The maximum atomic E-state index is 6.42. The van der Waals surface area contributed by atoms with Crippen LogP contribution < -0.4 is 22.3 Å². The van der Waals surface area contributed by atoms with E-state index in [1.807, 2.05) is 19.1 Å². The highest BCUT2D eigenvalue weighted by Gasteiger charge is 2.44. The lowest BCUT2D eigenvalue weighted by atomic mass is 10.1. The summed E-state index contributed by atoms with van der Waals surface area (Å²) < 4.78 is 0. The van der Waals surface area contributed by atoms with Crippen LogP contribution in [-0.4, -0.2) is 63.7 Å². The Morgan fingerprint density at radius 3 is 2.72 bits per heavy atom. The Kier molecular flexibility index (Phi) is 8.35. The molecule has 1 aromatic heterocycles. The van der Waals surface area contributed by atoms with E-state index < -0.39 is 0 Å². The minimum Gasteiger partial charge on any atom is -0.384 e. The molecule has 1 aliphatic carbocycles. The molecule has 2 bridgehead atoms. The van der Waals surface area contributed by atoms with Crippen molar-refractivity contribution in [2.45, 2.75) is 63.3 Å². The van der Waals surface area contributed by atoms with Crippen LogP contribution in [0.15, 0.2) is 77.8 Å². The number of amidine groups is 1. The molecule has 5 rings (SSSR count). The number of rotatable bonds is 14. The summed E-state index contributed by atoms with van der Waals surface area (Å²) in [6, 6.07) is 13.5. The number of aliphatic imine (C=N–C) groups is 1. The summed E-state index contributed by atoms with van der Waals surface area (Å²) in [4.78, 5) is 14.6. The van der Waals surface area contributed by atoms with Gasteiger partial charge in [-0.15, -0.1) is 6.58 Å². The van der Waals surface area contributed by atoms with E-state index in [0.717, 1.165) is 43.1 Å². The molecular formula is C29H41N9O. The lowest BCUT2D eigenvalue weighted by Crippen LogP contribution is -2.48. The zero-order valence-electron chi connectivity index (χ0n) is 22.8. The first-order valence-corrected chi connectivity index (χ1v) is 13.7. The third kappa shape index (κ3) is 7.08. The smallest absolute Gasteiger partial charge is 0.175 e. The Labute approximate surface area is 230 Å². The fourth-order valence-corrected chi connectivity index (χ4v) is 5.53. The van der Waals surface area contributed by atoms with Gasteiger partial charge < -0.3 is 21.3 Å². The Morgan fingerprint density at radius 2 is 2.05 bits per heavy atom. The Balaban J connectivity index is 1.28. The van der Waals surface area contributed by atoms with Gasteiger partial charge >= 0.3 is 0 Å². The maximum absolute atomic E-state index is 6.42. The maximum Gasteiger partial charge on any atom is 0.175 e. The molecule has 2 saturated heterocycles. The van der Waals surface area contributed by atoms with Crippen molar-refractivity contribution >= 4 is 11.7 Å². The molecule has 1 unspecified atom stereocenters. The van der Waals surface area contributed by atoms with Crippen molar-refractivity contribution in [2.75, 3.05) is 19.6 Å². The van der Waals surface area contributed by atoms with E-state index in [1.165, 1.54) is 18.4 Å². The topological polar surface area (TPSA) is 133 Å². The second-order valence-corrected chi connectivity index (χ2v) is 11.0. The first-order valence-electron chi connectivity index (χ1n) is 13.7. The average molecular weight is 532 g/mol. The van der Waals surface area contributed by atoms with Crippen molar-refractivity contribution < 1.29 is 4.84 Å². The molecule has 39 heavy (non-hydrogen) atoms.